The van der Waals surface area contributed by atoms with Crippen LogP contribution in [0.2, 0.25) is 0 Å². The Kier molecular flexibility index (Phi) is 4.23. The van der Waals surface area contributed by atoms with E-state index in [9.17, 15) is 13.6 Å². The lowest BCUT2D eigenvalue weighted by molar-refractivity contribution is -0.0511. The number of alkyl halides is 2. The number of nitrogens with zero attached hydrogens (tertiary/aromatic N) is 1. The van der Waals surface area contributed by atoms with Gasteiger partial charge in [0, 0.05) is 29.6 Å². The highest BCUT2D eigenvalue weighted by molar-refractivity contribution is 5.84. The van der Waals surface area contributed by atoms with E-state index in [1.165, 1.54) is 19.2 Å². The number of aromatic amines is 2. The van der Waals surface area contributed by atoms with Crippen LogP contribution in [0.1, 0.15) is 11.4 Å². The lowest BCUT2D eigenvalue weighted by Gasteiger charge is -2.11. The number of H-pyrrole nitrogens is 2. The summed E-state index contributed by atoms with van der Waals surface area (Å²) in [6.45, 7) is -3.01. The molecule has 0 amide bonds. The Morgan fingerprint density at radius 3 is 2.74 bits per heavy atom. The third kappa shape index (κ3) is 3.21. The average Bonchev–Trinajstić information content (AvgIpc) is 3.04. The number of methoxy groups -OCH3 is 1. The van der Waals surface area contributed by atoms with Crippen LogP contribution in [0.25, 0.3) is 21.8 Å². The van der Waals surface area contributed by atoms with Crippen LogP contribution in [0.3, 0.4) is 0 Å². The van der Waals surface area contributed by atoms with E-state index in [0.29, 0.717) is 12.2 Å². The third-order valence-corrected chi connectivity index (χ3v) is 4.29. The van der Waals surface area contributed by atoms with Crippen LogP contribution in [0.4, 0.5) is 8.78 Å². The molecular formula is C19H15F2N3O3. The van der Waals surface area contributed by atoms with Gasteiger partial charge in [-0.15, -0.1) is 0 Å². The van der Waals surface area contributed by atoms with Crippen molar-refractivity contribution >= 4 is 21.8 Å². The minimum atomic E-state index is -3.01. The van der Waals surface area contributed by atoms with Crippen molar-refractivity contribution in [2.45, 2.75) is 13.0 Å². The molecule has 6 nitrogen and oxygen atoms in total. The Labute approximate surface area is 151 Å². The molecule has 0 radical (unpaired) electrons. The fourth-order valence-electron chi connectivity index (χ4n) is 3.08. The second-order valence-electron chi connectivity index (χ2n) is 5.95. The first-order valence-electron chi connectivity index (χ1n) is 8.16. The molecule has 0 spiro atoms. The molecule has 0 fully saturated rings. The zero-order valence-electron chi connectivity index (χ0n) is 14.3. The first-order chi connectivity index (χ1) is 13.0. The number of nitrogens with one attached hydrogen (secondary N) is 2. The average molecular weight is 371 g/mol. The maximum Gasteiger partial charge on any atom is 0.387 e. The third-order valence-electron chi connectivity index (χ3n) is 4.29. The van der Waals surface area contributed by atoms with E-state index >= 15 is 0 Å². The molecule has 0 unspecified atom stereocenters. The molecule has 0 aliphatic rings. The smallest absolute Gasteiger partial charge is 0.387 e. The van der Waals surface area contributed by atoms with Crippen molar-refractivity contribution in [3.63, 3.8) is 0 Å². The Morgan fingerprint density at radius 1 is 1.15 bits per heavy atom. The zero-order valence-corrected chi connectivity index (χ0v) is 14.3. The highest BCUT2D eigenvalue weighted by Crippen LogP contribution is 2.31. The van der Waals surface area contributed by atoms with Gasteiger partial charge in [-0.3, -0.25) is 4.79 Å². The molecule has 0 atom stereocenters. The number of rotatable bonds is 5. The van der Waals surface area contributed by atoms with Gasteiger partial charge >= 0.3 is 6.61 Å². The molecule has 2 heterocycles. The van der Waals surface area contributed by atoms with E-state index in [4.69, 9.17) is 4.74 Å². The van der Waals surface area contributed by atoms with Crippen molar-refractivity contribution in [3.05, 3.63) is 64.3 Å². The number of para-hydroxylation sites is 1. The molecule has 0 saturated heterocycles. The van der Waals surface area contributed by atoms with Crippen LogP contribution in [0.15, 0.2) is 47.4 Å². The van der Waals surface area contributed by atoms with Gasteiger partial charge in [0.25, 0.3) is 5.56 Å². The first kappa shape index (κ1) is 17.0. The van der Waals surface area contributed by atoms with Crippen LogP contribution in [-0.2, 0) is 6.42 Å². The van der Waals surface area contributed by atoms with Crippen LogP contribution in [-0.4, -0.2) is 28.7 Å². The van der Waals surface area contributed by atoms with E-state index in [1.54, 1.807) is 0 Å². The van der Waals surface area contributed by atoms with Crippen LogP contribution in [0.5, 0.6) is 11.5 Å². The highest BCUT2D eigenvalue weighted by atomic mass is 19.3. The zero-order chi connectivity index (χ0) is 19.0. The van der Waals surface area contributed by atoms with Crippen LogP contribution >= 0.6 is 0 Å². The highest BCUT2D eigenvalue weighted by Gasteiger charge is 2.15. The fraction of sp³-hybridized carbons (Fsp3) is 0.158. The fourth-order valence-corrected chi connectivity index (χ4v) is 3.08. The quantitative estimate of drug-likeness (QED) is 0.562. The van der Waals surface area contributed by atoms with Gasteiger partial charge in [0.15, 0.2) is 11.5 Å². The molecule has 8 heteroatoms. The van der Waals surface area contributed by atoms with E-state index in [-0.39, 0.29) is 28.0 Å². The minimum absolute atomic E-state index is 0.0412. The normalized spacial score (nSPS) is 11.4. The summed E-state index contributed by atoms with van der Waals surface area (Å²) in [5, 5.41) is 1.26. The first-order valence-corrected chi connectivity index (χ1v) is 8.16. The Balaban J connectivity index is 1.79. The summed E-state index contributed by atoms with van der Waals surface area (Å²) in [5.41, 5.74) is 1.82. The number of hydrogen-bond donors (Lipinski definition) is 2. The second kappa shape index (κ2) is 6.71. The summed E-state index contributed by atoms with van der Waals surface area (Å²) in [6, 6.07) is 10.4. The van der Waals surface area contributed by atoms with Gasteiger partial charge in [-0.25, -0.2) is 4.98 Å². The molecule has 0 bridgehead atoms. The van der Waals surface area contributed by atoms with E-state index < -0.39 is 6.61 Å². The summed E-state index contributed by atoms with van der Waals surface area (Å²) in [6.07, 6.45) is 2.24. The van der Waals surface area contributed by atoms with Gasteiger partial charge in [-0.2, -0.15) is 8.78 Å². The Morgan fingerprint density at radius 2 is 1.96 bits per heavy atom. The predicted molar refractivity (Wildman–Crippen MR) is 96.7 cm³/mol. The maximum absolute atomic E-state index is 12.6. The minimum Gasteiger partial charge on any atom is -0.493 e. The lowest BCUT2D eigenvalue weighted by Crippen LogP contribution is -2.13. The van der Waals surface area contributed by atoms with Gasteiger partial charge in [-0.05, 0) is 17.7 Å². The number of aromatic nitrogens is 3. The molecule has 0 saturated carbocycles. The van der Waals surface area contributed by atoms with Gasteiger partial charge in [-0.1, -0.05) is 18.2 Å². The molecule has 4 rings (SSSR count). The Bertz CT molecular complexity index is 1180. The number of fused-ring (bicyclic) bond motifs is 2. The van der Waals surface area contributed by atoms with Gasteiger partial charge in [0.2, 0.25) is 0 Å². The maximum atomic E-state index is 12.6. The summed E-state index contributed by atoms with van der Waals surface area (Å²) in [4.78, 5) is 22.8. The second-order valence-corrected chi connectivity index (χ2v) is 5.95. The molecule has 2 aromatic carbocycles. The van der Waals surface area contributed by atoms with Crippen molar-refractivity contribution < 1.29 is 18.3 Å². The van der Waals surface area contributed by atoms with E-state index in [0.717, 1.165) is 16.5 Å². The van der Waals surface area contributed by atoms with Crippen molar-refractivity contribution in [1.82, 2.24) is 15.0 Å². The standard InChI is InChI=1S/C19H15F2N3O3/c1-26-15-7-12-14(8-16(15)27-19(20)21)23-17(24-18(12)25)6-10-9-22-13-5-3-2-4-11(10)13/h2-5,7-9,19,22H,6H2,1H3,(H,23,24,25). The molecule has 2 aromatic heterocycles. The molecule has 0 aliphatic carbocycles. The molecule has 138 valence electrons. The SMILES string of the molecule is COc1cc2c(=O)[nH]c(Cc3c[nH]c4ccccc34)nc2cc1OC(F)F. The van der Waals surface area contributed by atoms with Crippen molar-refractivity contribution in [1.29, 1.82) is 0 Å². The van der Waals surface area contributed by atoms with Gasteiger partial charge in [0.05, 0.1) is 18.0 Å². The van der Waals surface area contributed by atoms with Gasteiger partial charge < -0.3 is 19.4 Å². The largest absolute Gasteiger partial charge is 0.493 e. The molecule has 4 aromatic rings. The number of hydrogen-bond acceptors (Lipinski definition) is 4. The summed E-state index contributed by atoms with van der Waals surface area (Å²) < 4.78 is 34.8. The van der Waals surface area contributed by atoms with Gasteiger partial charge in [0.1, 0.15) is 5.82 Å². The van der Waals surface area contributed by atoms with Crippen molar-refractivity contribution in [2.75, 3.05) is 7.11 Å². The van der Waals surface area contributed by atoms with Crippen molar-refractivity contribution in [3.8, 4) is 11.5 Å². The van der Waals surface area contributed by atoms with E-state index in [1.807, 2.05) is 30.5 Å². The van der Waals surface area contributed by atoms with E-state index in [2.05, 4.69) is 19.7 Å². The molecule has 2 N–H and O–H groups in total. The number of benzene rings is 2. The lowest BCUT2D eigenvalue weighted by atomic mass is 10.1. The number of halogens is 2. The Hall–Kier alpha value is -3.42. The predicted octanol–water partition coefficient (Wildman–Crippen LogP) is 3.61. The summed E-state index contributed by atoms with van der Waals surface area (Å²) in [7, 11) is 1.31. The molecular weight excluding hydrogens is 356 g/mol. The topological polar surface area (TPSA) is 80.0 Å². The van der Waals surface area contributed by atoms with Crippen LogP contribution in [0, 0.1) is 0 Å². The molecule has 0 aliphatic heterocycles. The monoisotopic (exact) mass is 371 g/mol. The summed E-state index contributed by atoms with van der Waals surface area (Å²) in [5.74, 6) is 0.293. The molecule has 27 heavy (non-hydrogen) atoms. The summed E-state index contributed by atoms with van der Waals surface area (Å²) >= 11 is 0. The van der Waals surface area contributed by atoms with Crippen LogP contribution < -0.4 is 15.0 Å². The number of ether oxygens (including phenoxy) is 2. The van der Waals surface area contributed by atoms with Crippen molar-refractivity contribution in [2.24, 2.45) is 0 Å².